The average Bonchev–Trinajstić information content (AvgIpc) is 3.16. The lowest BCUT2D eigenvalue weighted by molar-refractivity contribution is 0.246. The van der Waals surface area contributed by atoms with Gasteiger partial charge in [-0.15, -0.1) is 0 Å². The van der Waals surface area contributed by atoms with Crippen LogP contribution in [0.5, 0.6) is 0 Å². The van der Waals surface area contributed by atoms with Gasteiger partial charge < -0.3 is 0 Å². The van der Waals surface area contributed by atoms with Crippen LogP contribution in [-0.2, 0) is 13.1 Å². The van der Waals surface area contributed by atoms with Gasteiger partial charge in [0.2, 0.25) is 0 Å². The van der Waals surface area contributed by atoms with Gasteiger partial charge in [-0.05, 0) is 23.5 Å². The van der Waals surface area contributed by atoms with Crippen molar-refractivity contribution in [3.8, 4) is 0 Å². The van der Waals surface area contributed by atoms with Crippen molar-refractivity contribution in [1.82, 2.24) is 4.90 Å². The van der Waals surface area contributed by atoms with Gasteiger partial charge in [0.25, 0.3) is 0 Å². The first-order valence-electron chi connectivity index (χ1n) is 7.25. The third kappa shape index (κ3) is 3.94. The minimum atomic E-state index is 0.733. The number of alkyl halides is 1. The van der Waals surface area contributed by atoms with Gasteiger partial charge >= 0.3 is 0 Å². The summed E-state index contributed by atoms with van der Waals surface area (Å²) in [7, 11) is 0. The summed E-state index contributed by atoms with van der Waals surface area (Å²) in [4.78, 5) is 3.30. The lowest BCUT2D eigenvalue weighted by Crippen LogP contribution is -2.25. The highest BCUT2D eigenvalue weighted by molar-refractivity contribution is 9.09. The van der Waals surface area contributed by atoms with Gasteiger partial charge in [-0.25, -0.2) is 0 Å². The highest BCUT2D eigenvalue weighted by Crippen LogP contribution is 2.38. The molecule has 3 rings (SSSR count). The van der Waals surface area contributed by atoms with E-state index < -0.39 is 0 Å². The van der Waals surface area contributed by atoms with E-state index in [2.05, 4.69) is 81.5 Å². The number of benzene rings is 2. The summed E-state index contributed by atoms with van der Waals surface area (Å²) in [6.45, 7) is 3.25. The van der Waals surface area contributed by atoms with Crippen LogP contribution in [0.2, 0.25) is 0 Å². The van der Waals surface area contributed by atoms with Crippen LogP contribution in [0, 0.1) is 5.92 Å². The van der Waals surface area contributed by atoms with Crippen molar-refractivity contribution in [1.29, 1.82) is 0 Å². The molecule has 104 valence electrons. The Kier molecular flexibility index (Phi) is 4.54. The first kappa shape index (κ1) is 13.8. The summed E-state index contributed by atoms with van der Waals surface area (Å²) < 4.78 is 0. The molecule has 1 saturated carbocycles. The summed E-state index contributed by atoms with van der Waals surface area (Å²) >= 11 is 3.72. The fraction of sp³-hybridized carbons (Fsp3) is 0.333. The Morgan fingerprint density at radius 3 is 1.70 bits per heavy atom. The molecule has 0 aliphatic heterocycles. The van der Waals surface area contributed by atoms with E-state index in [1.165, 1.54) is 24.1 Å². The van der Waals surface area contributed by atoms with Gasteiger partial charge in [0.15, 0.2) is 0 Å². The van der Waals surface area contributed by atoms with Crippen molar-refractivity contribution >= 4 is 15.9 Å². The highest BCUT2D eigenvalue weighted by Gasteiger charge is 2.35. The van der Waals surface area contributed by atoms with E-state index in [0.717, 1.165) is 23.8 Å². The quantitative estimate of drug-likeness (QED) is 0.706. The van der Waals surface area contributed by atoms with Crippen LogP contribution in [0.1, 0.15) is 17.5 Å². The molecule has 20 heavy (non-hydrogen) atoms. The molecule has 0 amide bonds. The second-order valence-electron chi connectivity index (χ2n) is 5.65. The first-order chi connectivity index (χ1) is 9.81. The molecular weight excluding hydrogens is 310 g/mol. The third-order valence-corrected chi connectivity index (χ3v) is 4.95. The maximum absolute atomic E-state index is 3.72. The topological polar surface area (TPSA) is 3.24 Å². The van der Waals surface area contributed by atoms with E-state index in [-0.39, 0.29) is 0 Å². The molecule has 2 heteroatoms. The van der Waals surface area contributed by atoms with Gasteiger partial charge in [-0.3, -0.25) is 4.90 Å². The van der Waals surface area contributed by atoms with E-state index in [9.17, 15) is 0 Å². The van der Waals surface area contributed by atoms with Gasteiger partial charge in [0.05, 0.1) is 0 Å². The minimum absolute atomic E-state index is 0.733. The molecule has 0 bridgehead atoms. The van der Waals surface area contributed by atoms with E-state index in [4.69, 9.17) is 0 Å². The number of rotatable bonds is 6. The van der Waals surface area contributed by atoms with Crippen molar-refractivity contribution in [2.45, 2.75) is 24.3 Å². The fourth-order valence-electron chi connectivity index (χ4n) is 2.60. The molecule has 1 fully saturated rings. The van der Waals surface area contributed by atoms with Gasteiger partial charge in [0, 0.05) is 24.5 Å². The zero-order valence-electron chi connectivity index (χ0n) is 11.6. The Morgan fingerprint density at radius 1 is 0.850 bits per heavy atom. The molecule has 1 aliphatic rings. The number of halogens is 1. The smallest absolute Gasteiger partial charge is 0.0237 e. The SMILES string of the molecule is Br[C@H]1C[C@@H]1CN(Cc1ccccc1)Cc1ccccc1. The molecule has 2 atom stereocenters. The van der Waals surface area contributed by atoms with E-state index in [0.29, 0.717) is 0 Å². The predicted molar refractivity (Wildman–Crippen MR) is 87.8 cm³/mol. The van der Waals surface area contributed by atoms with Crippen LogP contribution in [-0.4, -0.2) is 16.3 Å². The van der Waals surface area contributed by atoms with Crippen LogP contribution in [0.25, 0.3) is 0 Å². The molecule has 1 aliphatic carbocycles. The second-order valence-corrected chi connectivity index (χ2v) is 6.83. The molecule has 0 heterocycles. The average molecular weight is 330 g/mol. The van der Waals surface area contributed by atoms with Gasteiger partial charge in [0.1, 0.15) is 0 Å². The Labute approximate surface area is 129 Å². The summed E-state index contributed by atoms with van der Waals surface area (Å²) in [6, 6.07) is 21.5. The highest BCUT2D eigenvalue weighted by atomic mass is 79.9. The van der Waals surface area contributed by atoms with Crippen molar-refractivity contribution in [3.05, 3.63) is 71.8 Å². The molecular formula is C18H20BrN. The summed E-state index contributed by atoms with van der Waals surface area (Å²) in [5.41, 5.74) is 2.80. The molecule has 0 unspecified atom stereocenters. The Bertz CT molecular complexity index is 484. The standard InChI is InChI=1S/C18H20BrN/c19-18-11-17(18)14-20(12-15-7-3-1-4-8-15)13-16-9-5-2-6-10-16/h1-10,17-18H,11-14H2/t17-,18+/m1/s1. The Balaban J connectivity index is 1.67. The van der Waals surface area contributed by atoms with Gasteiger partial charge in [-0.1, -0.05) is 76.6 Å². The Morgan fingerprint density at radius 2 is 1.30 bits per heavy atom. The van der Waals surface area contributed by atoms with Crippen LogP contribution in [0.3, 0.4) is 0 Å². The van der Waals surface area contributed by atoms with Crippen LogP contribution < -0.4 is 0 Å². The Hall–Kier alpha value is -1.12. The molecule has 0 aromatic heterocycles. The predicted octanol–water partition coefficient (Wildman–Crippen LogP) is 4.47. The van der Waals surface area contributed by atoms with Gasteiger partial charge in [-0.2, -0.15) is 0 Å². The van der Waals surface area contributed by atoms with Crippen molar-refractivity contribution in [3.63, 3.8) is 0 Å². The van der Waals surface area contributed by atoms with Crippen molar-refractivity contribution < 1.29 is 0 Å². The van der Waals surface area contributed by atoms with Crippen molar-refractivity contribution in [2.24, 2.45) is 5.92 Å². The molecule has 0 saturated heterocycles. The molecule has 0 radical (unpaired) electrons. The number of hydrogen-bond donors (Lipinski definition) is 0. The number of nitrogens with zero attached hydrogens (tertiary/aromatic N) is 1. The molecule has 0 N–H and O–H groups in total. The number of hydrogen-bond acceptors (Lipinski definition) is 1. The first-order valence-corrected chi connectivity index (χ1v) is 8.17. The summed E-state index contributed by atoms with van der Waals surface area (Å²) in [5.74, 6) is 0.822. The third-order valence-electron chi connectivity index (χ3n) is 3.83. The molecule has 2 aromatic carbocycles. The monoisotopic (exact) mass is 329 g/mol. The molecule has 1 nitrogen and oxygen atoms in total. The minimum Gasteiger partial charge on any atom is -0.295 e. The lowest BCUT2D eigenvalue weighted by atomic mass is 10.1. The van der Waals surface area contributed by atoms with E-state index in [1.54, 1.807) is 0 Å². The zero-order valence-corrected chi connectivity index (χ0v) is 13.2. The summed E-state index contributed by atoms with van der Waals surface area (Å²) in [5, 5.41) is 0. The second kappa shape index (κ2) is 6.55. The largest absolute Gasteiger partial charge is 0.295 e. The van der Waals surface area contributed by atoms with Crippen LogP contribution in [0.4, 0.5) is 0 Å². The molecule has 2 aromatic rings. The maximum Gasteiger partial charge on any atom is 0.0237 e. The van der Waals surface area contributed by atoms with Crippen LogP contribution >= 0.6 is 15.9 Å². The fourth-order valence-corrected chi connectivity index (χ4v) is 3.25. The maximum atomic E-state index is 3.72. The normalized spacial score (nSPS) is 21.1. The van der Waals surface area contributed by atoms with E-state index >= 15 is 0 Å². The van der Waals surface area contributed by atoms with Crippen LogP contribution in [0.15, 0.2) is 60.7 Å². The molecule has 0 spiro atoms. The van der Waals surface area contributed by atoms with Crippen molar-refractivity contribution in [2.75, 3.05) is 6.54 Å². The summed E-state index contributed by atoms with van der Waals surface area (Å²) in [6.07, 6.45) is 1.32. The zero-order chi connectivity index (χ0) is 13.8. The lowest BCUT2D eigenvalue weighted by Gasteiger charge is -2.22. The van der Waals surface area contributed by atoms with E-state index in [1.807, 2.05) is 0 Å².